The lowest BCUT2D eigenvalue weighted by molar-refractivity contribution is -0.132. The van der Waals surface area contributed by atoms with Crippen molar-refractivity contribution in [1.29, 1.82) is 0 Å². The Morgan fingerprint density at radius 3 is 2.31 bits per heavy atom. The fourth-order valence-electron chi connectivity index (χ4n) is 1.88. The van der Waals surface area contributed by atoms with Crippen LogP contribution in [0, 0.1) is 0 Å². The largest absolute Gasteiger partial charge is 0.392 e. The third kappa shape index (κ3) is 3.96. The molecule has 1 aliphatic rings. The van der Waals surface area contributed by atoms with Gasteiger partial charge in [0.15, 0.2) is 0 Å². The van der Waals surface area contributed by atoms with Crippen LogP contribution in [0.1, 0.15) is 13.8 Å². The van der Waals surface area contributed by atoms with Crippen LogP contribution in [-0.2, 0) is 4.79 Å². The Kier molecular flexibility index (Phi) is 5.58. The van der Waals surface area contributed by atoms with E-state index in [0.717, 1.165) is 26.2 Å². The summed E-state index contributed by atoms with van der Waals surface area (Å²) in [7, 11) is 0. The lowest BCUT2D eigenvalue weighted by Gasteiger charge is -2.36. The third-order valence-electron chi connectivity index (χ3n) is 2.91. The predicted octanol–water partition coefficient (Wildman–Crippen LogP) is 0.263. The van der Waals surface area contributed by atoms with E-state index in [4.69, 9.17) is 0 Å². The van der Waals surface area contributed by atoms with Crippen molar-refractivity contribution in [2.24, 2.45) is 0 Å². The molecule has 94 valence electrons. The second-order valence-corrected chi connectivity index (χ2v) is 5.53. The molecule has 2 atom stereocenters. The number of rotatable bonds is 4. The number of hydrogen-bond acceptors (Lipinski definition) is 4. The van der Waals surface area contributed by atoms with E-state index >= 15 is 0 Å². The van der Waals surface area contributed by atoms with Crippen LogP contribution in [-0.4, -0.2) is 71.1 Å². The van der Waals surface area contributed by atoms with E-state index in [0.29, 0.717) is 6.54 Å². The summed E-state index contributed by atoms with van der Waals surface area (Å²) in [5, 5.41) is 9.34. The number of thioether (sulfide) groups is 1. The zero-order valence-electron chi connectivity index (χ0n) is 10.3. The SMILES string of the molecule is CS[C@@H](C)C(=O)N1CCN(C[C@H](C)O)CC1. The molecule has 0 aromatic carbocycles. The van der Waals surface area contributed by atoms with Crippen molar-refractivity contribution in [3.8, 4) is 0 Å². The zero-order valence-corrected chi connectivity index (χ0v) is 11.2. The lowest BCUT2D eigenvalue weighted by atomic mass is 10.2. The maximum Gasteiger partial charge on any atom is 0.235 e. The molecular weight excluding hydrogens is 224 g/mol. The van der Waals surface area contributed by atoms with Crippen LogP contribution in [0.2, 0.25) is 0 Å². The summed E-state index contributed by atoms with van der Waals surface area (Å²) in [5.41, 5.74) is 0. The number of piperazine rings is 1. The first-order valence-electron chi connectivity index (χ1n) is 5.76. The van der Waals surface area contributed by atoms with E-state index in [-0.39, 0.29) is 17.3 Å². The normalized spacial score (nSPS) is 21.9. The minimum absolute atomic E-state index is 0.0586. The quantitative estimate of drug-likeness (QED) is 0.773. The molecule has 0 radical (unpaired) electrons. The van der Waals surface area contributed by atoms with Gasteiger partial charge in [0, 0.05) is 32.7 Å². The predicted molar refractivity (Wildman–Crippen MR) is 67.7 cm³/mol. The standard InChI is InChI=1S/C11H22N2O2S/c1-9(14)8-12-4-6-13(7-5-12)11(15)10(2)16-3/h9-10,14H,4-8H2,1-3H3/t9-,10-/m0/s1. The Morgan fingerprint density at radius 2 is 1.88 bits per heavy atom. The van der Waals surface area contributed by atoms with Gasteiger partial charge in [-0.2, -0.15) is 11.8 Å². The summed E-state index contributed by atoms with van der Waals surface area (Å²) in [6, 6.07) is 0. The van der Waals surface area contributed by atoms with Gasteiger partial charge in [-0.25, -0.2) is 0 Å². The zero-order chi connectivity index (χ0) is 12.1. The van der Waals surface area contributed by atoms with Gasteiger partial charge in [0.05, 0.1) is 11.4 Å². The molecule has 1 aliphatic heterocycles. The van der Waals surface area contributed by atoms with Crippen molar-refractivity contribution in [1.82, 2.24) is 9.80 Å². The van der Waals surface area contributed by atoms with Gasteiger partial charge >= 0.3 is 0 Å². The first-order valence-corrected chi connectivity index (χ1v) is 7.05. The smallest absolute Gasteiger partial charge is 0.235 e. The summed E-state index contributed by atoms with van der Waals surface area (Å²) >= 11 is 1.59. The monoisotopic (exact) mass is 246 g/mol. The lowest BCUT2D eigenvalue weighted by Crippen LogP contribution is -2.51. The van der Waals surface area contributed by atoms with Crippen LogP contribution < -0.4 is 0 Å². The van der Waals surface area contributed by atoms with Crippen molar-refractivity contribution in [2.45, 2.75) is 25.2 Å². The molecule has 1 saturated heterocycles. The van der Waals surface area contributed by atoms with Gasteiger partial charge in [-0.3, -0.25) is 9.69 Å². The van der Waals surface area contributed by atoms with E-state index in [1.807, 2.05) is 18.1 Å². The van der Waals surface area contributed by atoms with Crippen LogP contribution in [0.4, 0.5) is 0 Å². The van der Waals surface area contributed by atoms with Crippen LogP contribution in [0.25, 0.3) is 0 Å². The van der Waals surface area contributed by atoms with Crippen LogP contribution in [0.5, 0.6) is 0 Å². The molecule has 16 heavy (non-hydrogen) atoms. The molecule has 5 heteroatoms. The minimum Gasteiger partial charge on any atom is -0.392 e. The topological polar surface area (TPSA) is 43.8 Å². The molecule has 1 rings (SSSR count). The van der Waals surface area contributed by atoms with Crippen LogP contribution >= 0.6 is 11.8 Å². The van der Waals surface area contributed by atoms with Crippen molar-refractivity contribution >= 4 is 17.7 Å². The highest BCUT2D eigenvalue weighted by Crippen LogP contribution is 2.11. The molecule has 0 bridgehead atoms. The number of carbonyl (C=O) groups is 1. The Labute approximate surface area is 102 Å². The third-order valence-corrected chi connectivity index (χ3v) is 3.82. The van der Waals surface area contributed by atoms with Gasteiger partial charge in [-0.05, 0) is 20.1 Å². The maximum atomic E-state index is 11.9. The first-order chi connectivity index (χ1) is 7.54. The second-order valence-electron chi connectivity index (χ2n) is 4.35. The van der Waals surface area contributed by atoms with Crippen LogP contribution in [0.3, 0.4) is 0 Å². The van der Waals surface area contributed by atoms with E-state index in [9.17, 15) is 9.90 Å². The van der Waals surface area contributed by atoms with Gasteiger partial charge < -0.3 is 10.0 Å². The molecule has 0 saturated carbocycles. The number of aliphatic hydroxyl groups is 1. The Bertz CT molecular complexity index is 228. The fourth-order valence-corrected chi connectivity index (χ4v) is 2.23. The fraction of sp³-hybridized carbons (Fsp3) is 0.909. The number of hydrogen-bond donors (Lipinski definition) is 1. The highest BCUT2D eigenvalue weighted by atomic mass is 32.2. The average molecular weight is 246 g/mol. The molecule has 1 N–H and O–H groups in total. The number of β-amino-alcohol motifs (C(OH)–C–C–N with tert-alkyl or cyclic N) is 1. The summed E-state index contributed by atoms with van der Waals surface area (Å²) in [4.78, 5) is 16.0. The van der Waals surface area contributed by atoms with Gasteiger partial charge in [-0.15, -0.1) is 0 Å². The highest BCUT2D eigenvalue weighted by Gasteiger charge is 2.24. The summed E-state index contributed by atoms with van der Waals surface area (Å²) in [5.74, 6) is 0.240. The average Bonchev–Trinajstić information content (AvgIpc) is 2.27. The van der Waals surface area contributed by atoms with Gasteiger partial charge in [-0.1, -0.05) is 0 Å². The van der Waals surface area contributed by atoms with Crippen molar-refractivity contribution < 1.29 is 9.90 Å². The van der Waals surface area contributed by atoms with Gasteiger partial charge in [0.25, 0.3) is 0 Å². The molecule has 0 unspecified atom stereocenters. The van der Waals surface area contributed by atoms with Crippen LogP contribution in [0.15, 0.2) is 0 Å². The molecule has 1 amide bonds. The van der Waals surface area contributed by atoms with Crippen molar-refractivity contribution in [2.75, 3.05) is 39.0 Å². The highest BCUT2D eigenvalue weighted by molar-refractivity contribution is 7.99. The number of nitrogens with zero attached hydrogens (tertiary/aromatic N) is 2. The summed E-state index contributed by atoms with van der Waals surface area (Å²) in [6.45, 7) is 7.78. The van der Waals surface area contributed by atoms with Gasteiger partial charge in [0.1, 0.15) is 0 Å². The van der Waals surface area contributed by atoms with E-state index in [1.54, 1.807) is 18.7 Å². The molecule has 0 aromatic rings. The molecular formula is C11H22N2O2S. The Morgan fingerprint density at radius 1 is 1.31 bits per heavy atom. The van der Waals surface area contributed by atoms with E-state index in [2.05, 4.69) is 4.90 Å². The van der Waals surface area contributed by atoms with Crippen molar-refractivity contribution in [3.05, 3.63) is 0 Å². The number of carbonyl (C=O) groups excluding carboxylic acids is 1. The first kappa shape index (κ1) is 13.8. The van der Waals surface area contributed by atoms with E-state index in [1.165, 1.54) is 0 Å². The van der Waals surface area contributed by atoms with E-state index < -0.39 is 0 Å². The Balaban J connectivity index is 2.34. The number of amides is 1. The Hall–Kier alpha value is -0.260. The molecule has 0 aromatic heterocycles. The number of aliphatic hydroxyl groups excluding tert-OH is 1. The molecule has 4 nitrogen and oxygen atoms in total. The minimum atomic E-state index is -0.285. The molecule has 1 heterocycles. The summed E-state index contributed by atoms with van der Waals surface area (Å²) in [6.07, 6.45) is 1.68. The molecule has 1 fully saturated rings. The molecule has 0 spiro atoms. The molecule has 0 aliphatic carbocycles. The van der Waals surface area contributed by atoms with Crippen molar-refractivity contribution in [3.63, 3.8) is 0 Å². The maximum absolute atomic E-state index is 11.9. The second kappa shape index (κ2) is 6.47. The van der Waals surface area contributed by atoms with Gasteiger partial charge in [0.2, 0.25) is 5.91 Å². The summed E-state index contributed by atoms with van der Waals surface area (Å²) < 4.78 is 0.